The molecule has 3 heteroatoms. The van der Waals surface area contributed by atoms with Crippen LogP contribution in [-0.2, 0) is 0 Å². The molecule has 12 heavy (non-hydrogen) atoms. The monoisotopic (exact) mass is 172 g/mol. The molecule has 0 amide bonds. The second kappa shape index (κ2) is 5.14. The van der Waals surface area contributed by atoms with Crippen LogP contribution in [0.1, 0.15) is 33.6 Å². The number of amidine groups is 1. The molecule has 0 aromatic carbocycles. The van der Waals surface area contributed by atoms with E-state index in [1.54, 1.807) is 7.05 Å². The van der Waals surface area contributed by atoms with Gasteiger partial charge in [0.1, 0.15) is 11.4 Å². The number of nitrogens with one attached hydrogen (secondary N) is 1. The molecule has 72 valence electrons. The van der Waals surface area contributed by atoms with Gasteiger partial charge in [-0.25, -0.2) is 0 Å². The zero-order valence-electron chi connectivity index (χ0n) is 8.52. The molecular weight excluding hydrogens is 152 g/mol. The Labute approximate surface area is 74.9 Å². The Balaban J connectivity index is 4.45. The summed E-state index contributed by atoms with van der Waals surface area (Å²) in [5.41, 5.74) is -0.759. The van der Waals surface area contributed by atoms with Crippen molar-refractivity contribution in [2.24, 2.45) is 4.99 Å². The summed E-state index contributed by atoms with van der Waals surface area (Å²) in [6.07, 6.45) is 1.40. The molecule has 0 aliphatic carbocycles. The quantitative estimate of drug-likeness (QED) is 0.494. The van der Waals surface area contributed by atoms with Crippen LogP contribution in [0.25, 0.3) is 0 Å². The molecular formula is C9H20N2O. The summed E-state index contributed by atoms with van der Waals surface area (Å²) in [4.78, 5) is 4.05. The lowest BCUT2D eigenvalue weighted by Gasteiger charge is -2.27. The first-order valence-electron chi connectivity index (χ1n) is 4.58. The van der Waals surface area contributed by atoms with E-state index in [2.05, 4.69) is 10.3 Å². The molecule has 0 spiro atoms. The fourth-order valence-corrected chi connectivity index (χ4v) is 1.20. The maximum absolute atomic E-state index is 10.0. The molecule has 0 aliphatic heterocycles. The Kier molecular flexibility index (Phi) is 4.90. The zero-order valence-corrected chi connectivity index (χ0v) is 8.52. The molecule has 3 nitrogen and oxygen atoms in total. The number of aliphatic imine (C=N–C) groups is 1. The van der Waals surface area contributed by atoms with E-state index >= 15 is 0 Å². The number of hydrogen-bond donors (Lipinski definition) is 2. The van der Waals surface area contributed by atoms with Crippen LogP contribution in [0, 0.1) is 0 Å². The summed E-state index contributed by atoms with van der Waals surface area (Å²) in [5, 5.41) is 13.1. The number of nitrogens with zero attached hydrogens (tertiary/aromatic N) is 1. The summed E-state index contributed by atoms with van der Waals surface area (Å²) in [5.74, 6) is 0.704. The van der Waals surface area contributed by atoms with Crippen LogP contribution in [0.2, 0.25) is 0 Å². The molecule has 0 aliphatic rings. The molecule has 0 saturated heterocycles. The van der Waals surface area contributed by atoms with Gasteiger partial charge in [-0.15, -0.1) is 0 Å². The molecule has 0 aromatic heterocycles. The fraction of sp³-hybridized carbons (Fsp3) is 0.889. The first-order chi connectivity index (χ1) is 5.64. The topological polar surface area (TPSA) is 44.6 Å². The van der Waals surface area contributed by atoms with Crippen molar-refractivity contribution in [2.75, 3.05) is 13.6 Å². The van der Waals surface area contributed by atoms with Gasteiger partial charge in [0.25, 0.3) is 0 Å². The van der Waals surface area contributed by atoms with Gasteiger partial charge in [-0.2, -0.15) is 0 Å². The van der Waals surface area contributed by atoms with Gasteiger partial charge in [0, 0.05) is 13.6 Å². The molecule has 0 fully saturated rings. The summed E-state index contributed by atoms with van der Waals surface area (Å²) >= 11 is 0. The molecule has 0 bridgehead atoms. The summed E-state index contributed by atoms with van der Waals surface area (Å²) < 4.78 is 0. The van der Waals surface area contributed by atoms with Crippen LogP contribution in [0.5, 0.6) is 0 Å². The first kappa shape index (κ1) is 11.4. The van der Waals surface area contributed by atoms with Gasteiger partial charge in [0.15, 0.2) is 0 Å². The highest BCUT2D eigenvalue weighted by molar-refractivity contribution is 5.90. The van der Waals surface area contributed by atoms with E-state index < -0.39 is 5.60 Å². The highest BCUT2D eigenvalue weighted by atomic mass is 16.3. The van der Waals surface area contributed by atoms with Crippen LogP contribution in [0.4, 0.5) is 0 Å². The van der Waals surface area contributed by atoms with E-state index in [-0.39, 0.29) is 0 Å². The van der Waals surface area contributed by atoms with E-state index in [9.17, 15) is 5.11 Å². The average Bonchev–Trinajstić information content (AvgIpc) is 2.13. The number of rotatable bonds is 4. The number of hydrogen-bond acceptors (Lipinski definition) is 2. The van der Waals surface area contributed by atoms with Crippen molar-refractivity contribution in [3.63, 3.8) is 0 Å². The highest BCUT2D eigenvalue weighted by Crippen LogP contribution is 2.15. The van der Waals surface area contributed by atoms with Gasteiger partial charge < -0.3 is 10.4 Å². The van der Waals surface area contributed by atoms with Crippen LogP contribution < -0.4 is 5.32 Å². The van der Waals surface area contributed by atoms with Crippen molar-refractivity contribution in [1.82, 2.24) is 5.32 Å². The molecule has 0 heterocycles. The third-order valence-corrected chi connectivity index (χ3v) is 2.18. The Morgan fingerprint density at radius 2 is 1.83 bits per heavy atom. The Hall–Kier alpha value is -0.570. The van der Waals surface area contributed by atoms with E-state index in [4.69, 9.17) is 0 Å². The van der Waals surface area contributed by atoms with Crippen molar-refractivity contribution in [1.29, 1.82) is 0 Å². The van der Waals surface area contributed by atoms with Crippen LogP contribution in [0.15, 0.2) is 4.99 Å². The minimum atomic E-state index is -0.759. The van der Waals surface area contributed by atoms with Gasteiger partial charge >= 0.3 is 0 Å². The third kappa shape index (κ3) is 2.48. The van der Waals surface area contributed by atoms with Gasteiger partial charge in [-0.1, -0.05) is 13.8 Å². The molecule has 0 aromatic rings. The second-order valence-corrected chi connectivity index (χ2v) is 2.84. The molecule has 0 unspecified atom stereocenters. The Bertz CT molecular complexity index is 151. The summed E-state index contributed by atoms with van der Waals surface area (Å²) in [6, 6.07) is 0. The standard InChI is InChI=1S/C9H20N2O/c1-5-9(12,6-2)8(10-4)11-7-3/h12H,5-7H2,1-4H3,(H,10,11). The zero-order chi connectivity index (χ0) is 9.61. The van der Waals surface area contributed by atoms with E-state index in [0.29, 0.717) is 18.7 Å². The first-order valence-corrected chi connectivity index (χ1v) is 4.58. The van der Waals surface area contributed by atoms with Crippen molar-refractivity contribution in [3.05, 3.63) is 0 Å². The van der Waals surface area contributed by atoms with Gasteiger partial charge in [-0.3, -0.25) is 4.99 Å². The van der Waals surface area contributed by atoms with Crippen molar-refractivity contribution in [2.45, 2.75) is 39.2 Å². The van der Waals surface area contributed by atoms with Gasteiger partial charge in [0.2, 0.25) is 0 Å². The maximum Gasteiger partial charge on any atom is 0.128 e. The lowest BCUT2D eigenvalue weighted by molar-refractivity contribution is 0.0995. The number of aliphatic hydroxyl groups is 1. The minimum Gasteiger partial charge on any atom is -0.382 e. The van der Waals surface area contributed by atoms with Crippen molar-refractivity contribution in [3.8, 4) is 0 Å². The number of likely N-dealkylation sites (N-methyl/N-ethyl adjacent to an activating group) is 1. The maximum atomic E-state index is 10.0. The largest absolute Gasteiger partial charge is 0.382 e. The van der Waals surface area contributed by atoms with Crippen molar-refractivity contribution >= 4 is 5.84 Å². The lowest BCUT2D eigenvalue weighted by Crippen LogP contribution is -2.46. The predicted octanol–water partition coefficient (Wildman–Crippen LogP) is 1.18. The van der Waals surface area contributed by atoms with E-state index in [1.807, 2.05) is 20.8 Å². The molecule has 0 rings (SSSR count). The van der Waals surface area contributed by atoms with Crippen molar-refractivity contribution < 1.29 is 5.11 Å². The van der Waals surface area contributed by atoms with E-state index in [0.717, 1.165) is 6.54 Å². The van der Waals surface area contributed by atoms with Gasteiger partial charge in [-0.05, 0) is 19.8 Å². The SMILES string of the molecule is CCN/C(=N\C)C(O)(CC)CC. The smallest absolute Gasteiger partial charge is 0.128 e. The van der Waals surface area contributed by atoms with Crippen LogP contribution >= 0.6 is 0 Å². The Morgan fingerprint density at radius 3 is 2.08 bits per heavy atom. The molecule has 0 atom stereocenters. The second-order valence-electron chi connectivity index (χ2n) is 2.84. The minimum absolute atomic E-state index is 0.698. The lowest BCUT2D eigenvalue weighted by atomic mass is 9.96. The normalized spacial score (nSPS) is 13.2. The molecule has 0 saturated carbocycles. The highest BCUT2D eigenvalue weighted by Gasteiger charge is 2.28. The van der Waals surface area contributed by atoms with Crippen LogP contribution in [-0.4, -0.2) is 30.1 Å². The third-order valence-electron chi connectivity index (χ3n) is 2.18. The Morgan fingerprint density at radius 1 is 1.33 bits per heavy atom. The summed E-state index contributed by atoms with van der Waals surface area (Å²) in [6.45, 7) is 6.73. The molecule has 0 radical (unpaired) electrons. The van der Waals surface area contributed by atoms with E-state index in [1.165, 1.54) is 0 Å². The molecule has 2 N–H and O–H groups in total. The predicted molar refractivity (Wildman–Crippen MR) is 52.6 cm³/mol. The van der Waals surface area contributed by atoms with Gasteiger partial charge in [0.05, 0.1) is 0 Å². The fourth-order valence-electron chi connectivity index (χ4n) is 1.20. The average molecular weight is 172 g/mol. The summed E-state index contributed by atoms with van der Waals surface area (Å²) in [7, 11) is 1.70. The van der Waals surface area contributed by atoms with Crippen LogP contribution in [0.3, 0.4) is 0 Å².